The van der Waals surface area contributed by atoms with E-state index in [1.807, 2.05) is 86.6 Å². The zero-order valence-corrected chi connectivity index (χ0v) is 20.4. The van der Waals surface area contributed by atoms with Crippen LogP contribution in [0.25, 0.3) is 10.9 Å². The van der Waals surface area contributed by atoms with Gasteiger partial charge >= 0.3 is 0 Å². The molecule has 0 saturated carbocycles. The molecule has 4 rings (SSSR count). The van der Waals surface area contributed by atoms with Crippen LogP contribution in [0.1, 0.15) is 35.8 Å². The van der Waals surface area contributed by atoms with Gasteiger partial charge in [0.2, 0.25) is 0 Å². The van der Waals surface area contributed by atoms with Gasteiger partial charge in [0, 0.05) is 14.8 Å². The molecule has 0 spiro atoms. The van der Waals surface area contributed by atoms with Crippen LogP contribution in [0.5, 0.6) is 0 Å². The average Bonchev–Trinajstić information content (AvgIpc) is 2.82. The molecule has 0 radical (unpaired) electrons. The number of rotatable bonds is 6. The summed E-state index contributed by atoms with van der Waals surface area (Å²) in [6.07, 6.45) is 1.34. The predicted octanol–water partition coefficient (Wildman–Crippen LogP) is 7.59. The summed E-state index contributed by atoms with van der Waals surface area (Å²) in [4.78, 5) is 17.0. The summed E-state index contributed by atoms with van der Waals surface area (Å²) in [5.41, 5.74) is 2.47. The van der Waals surface area contributed by atoms with Crippen LogP contribution in [-0.2, 0) is 5.41 Å². The van der Waals surface area contributed by atoms with Gasteiger partial charge in [-0.15, -0.1) is 11.8 Å². The Hall–Kier alpha value is -3.21. The van der Waals surface area contributed by atoms with E-state index in [2.05, 4.69) is 27.0 Å². The monoisotopic (exact) mass is 517 g/mol. The smallest absolute Gasteiger partial charge is 0.258 e. The molecule has 0 aliphatic rings. The predicted molar refractivity (Wildman–Crippen MR) is 135 cm³/mol. The van der Waals surface area contributed by atoms with Gasteiger partial charge < -0.3 is 0 Å². The lowest BCUT2D eigenvalue weighted by Crippen LogP contribution is -2.13. The van der Waals surface area contributed by atoms with Crippen molar-refractivity contribution in [2.24, 2.45) is 0 Å². The quantitative estimate of drug-likeness (QED) is 0.149. The first-order valence-electron chi connectivity index (χ1n) is 10.3. The maximum absolute atomic E-state index is 12.1. The molecule has 1 atom stereocenters. The molecule has 164 valence electrons. The maximum atomic E-state index is 12.1. The van der Waals surface area contributed by atoms with E-state index in [0.29, 0.717) is 11.1 Å². The summed E-state index contributed by atoms with van der Waals surface area (Å²) < 4.78 is 0.827. The fourth-order valence-electron chi connectivity index (χ4n) is 3.66. The van der Waals surface area contributed by atoms with E-state index in [1.54, 1.807) is 11.8 Å². The lowest BCUT2D eigenvalue weighted by molar-refractivity contribution is -0.385. The van der Waals surface area contributed by atoms with E-state index in [-0.39, 0.29) is 15.9 Å². The van der Waals surface area contributed by atoms with Gasteiger partial charge in [0.1, 0.15) is 6.20 Å². The first-order chi connectivity index (χ1) is 15.8. The van der Waals surface area contributed by atoms with Crippen molar-refractivity contribution in [1.82, 2.24) is 4.98 Å². The van der Waals surface area contributed by atoms with Gasteiger partial charge in [0.25, 0.3) is 5.69 Å². The zero-order valence-electron chi connectivity index (χ0n) is 18.0. The second kappa shape index (κ2) is 9.34. The second-order valence-electron chi connectivity index (χ2n) is 8.15. The van der Waals surface area contributed by atoms with Crippen LogP contribution >= 0.6 is 27.7 Å². The Morgan fingerprint density at radius 3 is 2.42 bits per heavy atom. The third-order valence-electron chi connectivity index (χ3n) is 5.52. The molecule has 0 aliphatic carbocycles. The Morgan fingerprint density at radius 2 is 1.79 bits per heavy atom. The van der Waals surface area contributed by atoms with E-state index in [1.165, 1.54) is 6.20 Å². The van der Waals surface area contributed by atoms with Gasteiger partial charge in [-0.3, -0.25) is 10.1 Å². The maximum Gasteiger partial charge on any atom is 0.292 e. The van der Waals surface area contributed by atoms with Crippen molar-refractivity contribution in [1.29, 1.82) is 5.26 Å². The van der Waals surface area contributed by atoms with Crippen LogP contribution in [0, 0.1) is 21.4 Å². The van der Waals surface area contributed by atoms with Crippen molar-refractivity contribution in [2.75, 3.05) is 0 Å². The molecular weight excluding hydrogens is 498 g/mol. The fraction of sp³-hybridized carbons (Fsp3) is 0.154. The Labute approximate surface area is 204 Å². The Bertz CT molecular complexity index is 1370. The molecule has 0 fully saturated rings. The topological polar surface area (TPSA) is 79.8 Å². The molecule has 0 aliphatic heterocycles. The minimum absolute atomic E-state index is 0.0181. The zero-order chi connectivity index (χ0) is 23.6. The summed E-state index contributed by atoms with van der Waals surface area (Å²) in [6.45, 7) is 3.74. The van der Waals surface area contributed by atoms with Gasteiger partial charge in [0.15, 0.2) is 0 Å². The third-order valence-corrected chi connectivity index (χ3v) is 7.30. The molecule has 1 aromatic heterocycles. The normalized spacial score (nSPS) is 12.3. The van der Waals surface area contributed by atoms with Crippen molar-refractivity contribution in [3.8, 4) is 6.07 Å². The van der Waals surface area contributed by atoms with Crippen molar-refractivity contribution in [3.63, 3.8) is 0 Å². The summed E-state index contributed by atoms with van der Waals surface area (Å²) in [5, 5.41) is 21.9. The third kappa shape index (κ3) is 4.77. The summed E-state index contributed by atoms with van der Waals surface area (Å²) in [7, 11) is 0. The SMILES string of the molecule is CC(C)(C#N)c1ccc([C@@H](Sc2ccccc2)c2c([N+](=O)[O-])cnc3ccc(Br)cc23)cc1. The largest absolute Gasteiger partial charge is 0.292 e. The van der Waals surface area contributed by atoms with Crippen molar-refractivity contribution < 1.29 is 4.92 Å². The lowest BCUT2D eigenvalue weighted by atomic mass is 9.85. The highest BCUT2D eigenvalue weighted by Crippen LogP contribution is 2.46. The first-order valence-corrected chi connectivity index (χ1v) is 11.9. The van der Waals surface area contributed by atoms with Crippen LogP contribution in [-0.4, -0.2) is 9.91 Å². The number of hydrogen-bond acceptors (Lipinski definition) is 5. The summed E-state index contributed by atoms with van der Waals surface area (Å²) in [5.74, 6) is 0. The Morgan fingerprint density at radius 1 is 1.09 bits per heavy atom. The van der Waals surface area contributed by atoms with Crippen LogP contribution in [0.2, 0.25) is 0 Å². The standard InChI is InChI=1S/C26H20BrN3O2S/c1-26(2,16-28)18-10-8-17(9-11-18)25(33-20-6-4-3-5-7-20)24-21-14-19(27)12-13-22(21)29-15-23(24)30(31)32/h3-15,25H,1-2H3/t25-/m1/s1. The van der Waals surface area contributed by atoms with E-state index in [4.69, 9.17) is 0 Å². The average molecular weight is 518 g/mol. The second-order valence-corrected chi connectivity index (χ2v) is 10.2. The molecule has 0 unspecified atom stereocenters. The molecule has 33 heavy (non-hydrogen) atoms. The number of pyridine rings is 1. The minimum atomic E-state index is -0.624. The molecule has 3 aromatic carbocycles. The number of halogens is 1. The molecule has 0 bridgehead atoms. The molecule has 0 saturated heterocycles. The molecule has 1 heterocycles. The number of fused-ring (bicyclic) bond motifs is 1. The summed E-state index contributed by atoms with van der Waals surface area (Å²) in [6, 6.07) is 25.6. The number of nitro groups is 1. The number of benzene rings is 3. The Balaban J connectivity index is 1.96. The van der Waals surface area contributed by atoms with E-state index in [0.717, 1.165) is 25.9 Å². The molecule has 4 aromatic rings. The highest BCUT2D eigenvalue weighted by molar-refractivity contribution is 9.10. The van der Waals surface area contributed by atoms with Gasteiger partial charge in [0.05, 0.1) is 32.7 Å². The molecule has 5 nitrogen and oxygen atoms in total. The van der Waals surface area contributed by atoms with Crippen molar-refractivity contribution >= 4 is 44.3 Å². The fourth-order valence-corrected chi connectivity index (χ4v) is 5.27. The van der Waals surface area contributed by atoms with Crippen LogP contribution in [0.3, 0.4) is 0 Å². The van der Waals surface area contributed by atoms with E-state index < -0.39 is 5.41 Å². The van der Waals surface area contributed by atoms with Crippen LogP contribution < -0.4 is 0 Å². The number of hydrogen-bond donors (Lipinski definition) is 0. The van der Waals surface area contributed by atoms with Gasteiger partial charge in [-0.1, -0.05) is 58.4 Å². The van der Waals surface area contributed by atoms with E-state index in [9.17, 15) is 15.4 Å². The number of nitriles is 1. The Kier molecular flexibility index (Phi) is 6.50. The number of aromatic nitrogens is 1. The first kappa shape index (κ1) is 23.0. The van der Waals surface area contributed by atoms with Crippen LogP contribution in [0.15, 0.2) is 88.4 Å². The molecular formula is C26H20BrN3O2S. The van der Waals surface area contributed by atoms with Gasteiger partial charge in [-0.05, 0) is 55.3 Å². The highest BCUT2D eigenvalue weighted by atomic mass is 79.9. The van der Waals surface area contributed by atoms with Crippen molar-refractivity contribution in [2.45, 2.75) is 29.4 Å². The molecule has 7 heteroatoms. The van der Waals surface area contributed by atoms with Gasteiger partial charge in [-0.25, -0.2) is 4.98 Å². The van der Waals surface area contributed by atoms with Crippen LogP contribution in [0.4, 0.5) is 5.69 Å². The molecule has 0 N–H and O–H groups in total. The van der Waals surface area contributed by atoms with Gasteiger partial charge in [-0.2, -0.15) is 5.26 Å². The highest BCUT2D eigenvalue weighted by Gasteiger charge is 2.29. The number of nitrogens with zero attached hydrogens (tertiary/aromatic N) is 3. The summed E-state index contributed by atoms with van der Waals surface area (Å²) >= 11 is 5.06. The van der Waals surface area contributed by atoms with Crippen molar-refractivity contribution in [3.05, 3.63) is 110 Å². The lowest BCUT2D eigenvalue weighted by Gasteiger charge is -2.21. The van der Waals surface area contributed by atoms with E-state index >= 15 is 0 Å². The number of thioether (sulfide) groups is 1. The molecule has 0 amide bonds. The minimum Gasteiger partial charge on any atom is -0.258 e.